The van der Waals surface area contributed by atoms with Gasteiger partial charge in [0.25, 0.3) is 0 Å². The summed E-state index contributed by atoms with van der Waals surface area (Å²) in [5, 5.41) is 9.16. The Hall–Kier alpha value is -1.10. The summed E-state index contributed by atoms with van der Waals surface area (Å²) in [6.07, 6.45) is 0.114. The van der Waals surface area contributed by atoms with E-state index in [9.17, 15) is 13.2 Å². The minimum Gasteiger partial charge on any atom is -0.311 e. The van der Waals surface area contributed by atoms with Crippen LogP contribution in [0.25, 0.3) is 0 Å². The standard InChI is InChI=1S/C12H10BrClN2O3S/c13-10-2-1-3-11(9(10)5-15)16-6-8(4-12(16)17)7-20(14,18)19/h1-3,8H,4,6-7H2. The molecule has 106 valence electrons. The maximum absolute atomic E-state index is 12.0. The number of halogens is 2. The van der Waals surface area contributed by atoms with E-state index in [4.69, 9.17) is 15.9 Å². The minimum absolute atomic E-state index is 0.114. The van der Waals surface area contributed by atoms with Crippen LogP contribution in [0.4, 0.5) is 5.69 Å². The van der Waals surface area contributed by atoms with Crippen LogP contribution in [-0.4, -0.2) is 26.6 Å². The van der Waals surface area contributed by atoms with Crippen LogP contribution >= 0.6 is 26.6 Å². The normalized spacial score (nSPS) is 19.1. The molecule has 1 atom stereocenters. The molecule has 0 saturated carbocycles. The summed E-state index contributed by atoms with van der Waals surface area (Å²) in [7, 11) is 1.58. The van der Waals surface area contributed by atoms with Crippen molar-refractivity contribution in [2.45, 2.75) is 6.42 Å². The van der Waals surface area contributed by atoms with Gasteiger partial charge in [0.05, 0.1) is 17.0 Å². The van der Waals surface area contributed by atoms with Gasteiger partial charge in [-0.15, -0.1) is 0 Å². The molecule has 1 saturated heterocycles. The van der Waals surface area contributed by atoms with Gasteiger partial charge in [-0.25, -0.2) is 8.42 Å². The number of carbonyl (C=O) groups is 1. The molecular weight excluding hydrogens is 368 g/mol. The van der Waals surface area contributed by atoms with Gasteiger partial charge in [0.1, 0.15) is 6.07 Å². The van der Waals surface area contributed by atoms with Crippen LogP contribution in [0.5, 0.6) is 0 Å². The first-order valence-electron chi connectivity index (χ1n) is 5.73. The summed E-state index contributed by atoms with van der Waals surface area (Å²) in [5.41, 5.74) is 0.844. The van der Waals surface area contributed by atoms with Crippen molar-refractivity contribution in [1.29, 1.82) is 5.26 Å². The quantitative estimate of drug-likeness (QED) is 0.757. The van der Waals surface area contributed by atoms with Crippen LogP contribution in [-0.2, 0) is 13.8 Å². The van der Waals surface area contributed by atoms with E-state index >= 15 is 0 Å². The third-order valence-electron chi connectivity index (χ3n) is 3.03. The summed E-state index contributed by atoms with van der Waals surface area (Å²) >= 11 is 3.26. The van der Waals surface area contributed by atoms with Gasteiger partial charge >= 0.3 is 0 Å². The second-order valence-electron chi connectivity index (χ2n) is 4.53. The predicted octanol–water partition coefficient (Wildman–Crippen LogP) is 2.24. The molecule has 2 rings (SSSR count). The average molecular weight is 378 g/mol. The Morgan fingerprint density at radius 2 is 2.20 bits per heavy atom. The Kier molecular flexibility index (Phi) is 4.37. The van der Waals surface area contributed by atoms with E-state index < -0.39 is 9.05 Å². The Morgan fingerprint density at radius 1 is 1.50 bits per heavy atom. The molecule has 1 heterocycles. The molecule has 20 heavy (non-hydrogen) atoms. The first-order valence-corrected chi connectivity index (χ1v) is 9.00. The van der Waals surface area contributed by atoms with Gasteiger partial charge in [0.2, 0.25) is 15.0 Å². The summed E-state index contributed by atoms with van der Waals surface area (Å²) < 4.78 is 22.8. The van der Waals surface area contributed by atoms with E-state index in [0.29, 0.717) is 15.7 Å². The first-order chi connectivity index (χ1) is 9.31. The van der Waals surface area contributed by atoms with Gasteiger partial charge in [-0.05, 0) is 28.1 Å². The number of nitrogens with zero attached hydrogens (tertiary/aromatic N) is 2. The maximum Gasteiger partial charge on any atom is 0.232 e. The number of anilines is 1. The molecule has 0 bridgehead atoms. The fourth-order valence-electron chi connectivity index (χ4n) is 2.26. The van der Waals surface area contributed by atoms with Gasteiger partial charge in [0.15, 0.2) is 0 Å². The van der Waals surface area contributed by atoms with E-state index in [1.807, 2.05) is 6.07 Å². The number of carbonyl (C=O) groups excluding carboxylic acids is 1. The molecule has 1 aliphatic rings. The largest absolute Gasteiger partial charge is 0.311 e. The highest BCUT2D eigenvalue weighted by Crippen LogP contribution is 2.32. The van der Waals surface area contributed by atoms with Gasteiger partial charge in [-0.1, -0.05) is 6.07 Å². The van der Waals surface area contributed by atoms with Crippen molar-refractivity contribution in [1.82, 2.24) is 0 Å². The summed E-state index contributed by atoms with van der Waals surface area (Å²) in [5.74, 6) is -0.799. The van der Waals surface area contributed by atoms with Crippen LogP contribution in [0.1, 0.15) is 12.0 Å². The lowest BCUT2D eigenvalue weighted by atomic mass is 10.1. The number of hydrogen-bond acceptors (Lipinski definition) is 4. The monoisotopic (exact) mass is 376 g/mol. The molecule has 5 nitrogen and oxygen atoms in total. The highest BCUT2D eigenvalue weighted by Gasteiger charge is 2.34. The lowest BCUT2D eigenvalue weighted by Gasteiger charge is -2.18. The number of rotatable bonds is 3. The second kappa shape index (κ2) is 5.72. The van der Waals surface area contributed by atoms with Crippen LogP contribution in [0.3, 0.4) is 0 Å². The molecule has 1 fully saturated rings. The fraction of sp³-hybridized carbons (Fsp3) is 0.333. The van der Waals surface area contributed by atoms with E-state index in [-0.39, 0.29) is 30.5 Å². The zero-order valence-corrected chi connectivity index (χ0v) is 13.4. The summed E-state index contributed by atoms with van der Waals surface area (Å²) in [6.45, 7) is 0.246. The molecule has 0 spiro atoms. The lowest BCUT2D eigenvalue weighted by Crippen LogP contribution is -2.26. The zero-order valence-electron chi connectivity index (χ0n) is 10.2. The topological polar surface area (TPSA) is 78.2 Å². The Labute approximate surface area is 129 Å². The predicted molar refractivity (Wildman–Crippen MR) is 79.0 cm³/mol. The lowest BCUT2D eigenvalue weighted by molar-refractivity contribution is -0.117. The molecule has 1 aromatic rings. The van der Waals surface area contributed by atoms with Gasteiger partial charge in [-0.2, -0.15) is 5.26 Å². The van der Waals surface area contributed by atoms with Crippen molar-refractivity contribution in [3.05, 3.63) is 28.2 Å². The SMILES string of the molecule is N#Cc1c(Br)cccc1N1CC(CS(=O)(=O)Cl)CC1=O. The number of amides is 1. The fourth-order valence-corrected chi connectivity index (χ4v) is 4.02. The molecular formula is C12H10BrClN2O3S. The highest BCUT2D eigenvalue weighted by molar-refractivity contribution is 9.10. The third-order valence-corrected chi connectivity index (χ3v) is 4.94. The molecule has 8 heteroatoms. The van der Waals surface area contributed by atoms with E-state index in [0.717, 1.165) is 0 Å². The zero-order chi connectivity index (χ0) is 14.9. The van der Waals surface area contributed by atoms with Crippen LogP contribution in [0, 0.1) is 17.2 Å². The number of nitriles is 1. The summed E-state index contributed by atoms with van der Waals surface area (Å²) in [4.78, 5) is 13.5. The molecule has 1 aromatic carbocycles. The number of benzene rings is 1. The van der Waals surface area contributed by atoms with Crippen molar-refractivity contribution in [2.75, 3.05) is 17.2 Å². The van der Waals surface area contributed by atoms with E-state index in [1.165, 1.54) is 4.90 Å². The highest BCUT2D eigenvalue weighted by atomic mass is 79.9. The van der Waals surface area contributed by atoms with Crippen molar-refractivity contribution in [3.63, 3.8) is 0 Å². The van der Waals surface area contributed by atoms with Crippen molar-refractivity contribution in [2.24, 2.45) is 5.92 Å². The minimum atomic E-state index is -3.64. The average Bonchev–Trinajstić information content (AvgIpc) is 2.67. The Bertz CT molecular complexity index is 699. The molecule has 0 aromatic heterocycles. The third kappa shape index (κ3) is 3.32. The van der Waals surface area contributed by atoms with Crippen LogP contribution in [0.15, 0.2) is 22.7 Å². The van der Waals surface area contributed by atoms with Gasteiger partial charge in [0, 0.05) is 34.0 Å². The van der Waals surface area contributed by atoms with Crippen molar-refractivity contribution in [3.8, 4) is 6.07 Å². The second-order valence-corrected chi connectivity index (χ2v) is 8.20. The van der Waals surface area contributed by atoms with Crippen molar-refractivity contribution >= 4 is 47.3 Å². The molecule has 0 N–H and O–H groups in total. The maximum atomic E-state index is 12.0. The van der Waals surface area contributed by atoms with Gasteiger partial charge < -0.3 is 4.90 Å². The number of hydrogen-bond donors (Lipinski definition) is 0. The Balaban J connectivity index is 2.30. The molecule has 1 amide bonds. The molecule has 0 aliphatic carbocycles. The van der Waals surface area contributed by atoms with Crippen LogP contribution in [0.2, 0.25) is 0 Å². The Morgan fingerprint density at radius 3 is 2.80 bits per heavy atom. The van der Waals surface area contributed by atoms with Crippen molar-refractivity contribution < 1.29 is 13.2 Å². The van der Waals surface area contributed by atoms with Crippen LogP contribution < -0.4 is 4.90 Å². The first kappa shape index (κ1) is 15.3. The van der Waals surface area contributed by atoms with E-state index in [2.05, 4.69) is 15.9 Å². The smallest absolute Gasteiger partial charge is 0.232 e. The van der Waals surface area contributed by atoms with E-state index in [1.54, 1.807) is 18.2 Å². The molecule has 1 aliphatic heterocycles. The molecule has 1 unspecified atom stereocenters. The van der Waals surface area contributed by atoms with Gasteiger partial charge in [-0.3, -0.25) is 4.79 Å². The molecule has 0 radical (unpaired) electrons. The summed E-state index contributed by atoms with van der Waals surface area (Å²) in [6, 6.07) is 7.14.